The SMILES string of the molecule is COCC[N+](C)(C)CCOC.CSCCC(=O)[O-]. The van der Waals surface area contributed by atoms with Crippen LogP contribution in [0.25, 0.3) is 0 Å². The Morgan fingerprint density at radius 1 is 1.17 bits per heavy atom. The number of quaternary nitrogens is 1. The van der Waals surface area contributed by atoms with E-state index in [1.165, 1.54) is 11.8 Å². The average molecular weight is 281 g/mol. The maximum Gasteiger partial charge on any atom is 0.102 e. The number of rotatable bonds is 9. The van der Waals surface area contributed by atoms with E-state index in [0.717, 1.165) is 30.8 Å². The molecule has 0 radical (unpaired) electrons. The maximum absolute atomic E-state index is 9.63. The number of hydrogen-bond acceptors (Lipinski definition) is 5. The van der Waals surface area contributed by atoms with Crippen LogP contribution in [0.3, 0.4) is 0 Å². The molecular weight excluding hydrogens is 254 g/mol. The molecule has 0 aliphatic heterocycles. The summed E-state index contributed by atoms with van der Waals surface area (Å²) in [6.45, 7) is 3.72. The molecule has 0 amide bonds. The minimum absolute atomic E-state index is 0.168. The number of likely N-dealkylation sites (N-methyl/N-ethyl adjacent to an activating group) is 1. The lowest BCUT2D eigenvalue weighted by atomic mass is 10.4. The summed E-state index contributed by atoms with van der Waals surface area (Å²) in [5.74, 6) is -0.308. The Balaban J connectivity index is 0. The Labute approximate surface area is 115 Å². The minimum Gasteiger partial charge on any atom is -0.550 e. The predicted molar refractivity (Wildman–Crippen MR) is 73.6 cm³/mol. The van der Waals surface area contributed by atoms with Crippen LogP contribution >= 0.6 is 11.8 Å². The zero-order chi connectivity index (χ0) is 14.4. The second-order valence-electron chi connectivity index (χ2n) is 4.48. The summed E-state index contributed by atoms with van der Waals surface area (Å²) in [5.41, 5.74) is 0. The summed E-state index contributed by atoms with van der Waals surface area (Å²) in [6, 6.07) is 0. The van der Waals surface area contributed by atoms with E-state index < -0.39 is 5.97 Å². The zero-order valence-electron chi connectivity index (χ0n) is 12.2. The number of aliphatic carboxylic acids is 1. The fourth-order valence-corrected chi connectivity index (χ4v) is 1.34. The van der Waals surface area contributed by atoms with Gasteiger partial charge in [0, 0.05) is 20.2 Å². The second kappa shape index (κ2) is 13.1. The average Bonchev–Trinajstić information content (AvgIpc) is 2.32. The van der Waals surface area contributed by atoms with Crippen molar-refractivity contribution in [2.75, 3.05) is 66.6 Å². The molecule has 0 rings (SSSR count). The number of nitrogens with zero attached hydrogens (tertiary/aromatic N) is 1. The lowest BCUT2D eigenvalue weighted by Gasteiger charge is -2.28. The lowest BCUT2D eigenvalue weighted by Crippen LogP contribution is -2.44. The number of carbonyl (C=O) groups excluding carboxylic acids is 1. The molecule has 0 aliphatic carbocycles. The lowest BCUT2D eigenvalue weighted by molar-refractivity contribution is -0.891. The minimum atomic E-state index is -0.964. The number of ether oxygens (including phenoxy) is 2. The van der Waals surface area contributed by atoms with Crippen molar-refractivity contribution in [2.24, 2.45) is 0 Å². The molecule has 0 saturated carbocycles. The van der Waals surface area contributed by atoms with Gasteiger partial charge >= 0.3 is 0 Å². The zero-order valence-corrected chi connectivity index (χ0v) is 13.0. The third-order valence-electron chi connectivity index (χ3n) is 2.31. The molecule has 0 spiro atoms. The molecule has 0 aromatic heterocycles. The molecule has 0 aromatic rings. The molecule has 110 valence electrons. The summed E-state index contributed by atoms with van der Waals surface area (Å²) in [4.78, 5) is 9.63. The number of carboxylic acid groups (broad SMARTS) is 1. The van der Waals surface area contributed by atoms with Gasteiger partial charge in [-0.3, -0.25) is 0 Å². The molecule has 0 aliphatic rings. The van der Waals surface area contributed by atoms with Gasteiger partial charge in [0.25, 0.3) is 0 Å². The number of carbonyl (C=O) groups is 1. The molecule has 0 N–H and O–H groups in total. The first-order valence-electron chi connectivity index (χ1n) is 5.88. The standard InChI is InChI=1S/C8H20NO2.C4H8O2S/c1-9(2,5-7-10-3)6-8-11-4;1-7-3-2-4(5)6/h5-8H2,1-4H3;2-3H2,1H3,(H,5,6)/q+1;/p-1. The molecule has 0 fully saturated rings. The van der Waals surface area contributed by atoms with Gasteiger partial charge in [-0.1, -0.05) is 0 Å². The Hall–Kier alpha value is -0.300. The Morgan fingerprint density at radius 3 is 1.83 bits per heavy atom. The van der Waals surface area contributed by atoms with Crippen molar-refractivity contribution in [1.29, 1.82) is 0 Å². The largest absolute Gasteiger partial charge is 0.550 e. The predicted octanol–water partition coefficient (Wildman–Crippen LogP) is -0.155. The first-order valence-corrected chi connectivity index (χ1v) is 7.27. The summed E-state index contributed by atoms with van der Waals surface area (Å²) >= 11 is 1.51. The van der Waals surface area contributed by atoms with Crippen molar-refractivity contribution in [3.8, 4) is 0 Å². The highest BCUT2D eigenvalue weighted by atomic mass is 32.2. The van der Waals surface area contributed by atoms with Gasteiger partial charge in [-0.15, -0.1) is 0 Å². The van der Waals surface area contributed by atoms with Gasteiger partial charge in [0.2, 0.25) is 0 Å². The van der Waals surface area contributed by atoms with Gasteiger partial charge in [0.05, 0.1) is 27.3 Å². The van der Waals surface area contributed by atoms with Gasteiger partial charge < -0.3 is 23.9 Å². The maximum atomic E-state index is 9.63. The monoisotopic (exact) mass is 281 g/mol. The van der Waals surface area contributed by atoms with Crippen LogP contribution in [0.15, 0.2) is 0 Å². The van der Waals surface area contributed by atoms with Gasteiger partial charge in [0.1, 0.15) is 13.1 Å². The van der Waals surface area contributed by atoms with Crippen molar-refractivity contribution >= 4 is 17.7 Å². The van der Waals surface area contributed by atoms with E-state index in [0.29, 0.717) is 5.75 Å². The summed E-state index contributed by atoms with van der Waals surface area (Å²) in [5, 5.41) is 9.63. The molecule has 5 nitrogen and oxygen atoms in total. The topological polar surface area (TPSA) is 58.6 Å². The van der Waals surface area contributed by atoms with Gasteiger partial charge in [-0.25, -0.2) is 0 Å². The highest BCUT2D eigenvalue weighted by Crippen LogP contribution is 1.95. The normalized spacial score (nSPS) is 10.7. The van der Waals surface area contributed by atoms with Crippen LogP contribution in [0.5, 0.6) is 0 Å². The van der Waals surface area contributed by atoms with Crippen LogP contribution in [-0.2, 0) is 14.3 Å². The molecule has 6 heteroatoms. The van der Waals surface area contributed by atoms with Crippen molar-refractivity contribution in [1.82, 2.24) is 0 Å². The molecule has 0 aromatic carbocycles. The van der Waals surface area contributed by atoms with Gasteiger partial charge in [-0.2, -0.15) is 11.8 Å². The van der Waals surface area contributed by atoms with Gasteiger partial charge in [-0.05, 0) is 18.4 Å². The smallest absolute Gasteiger partial charge is 0.102 e. The van der Waals surface area contributed by atoms with Crippen molar-refractivity contribution in [3.05, 3.63) is 0 Å². The van der Waals surface area contributed by atoms with Crippen LogP contribution in [0.2, 0.25) is 0 Å². The Kier molecular flexibility index (Phi) is 14.6. The molecular formula is C12H27NO4S. The molecule has 0 saturated heterocycles. The molecule has 0 unspecified atom stereocenters. The molecule has 0 heterocycles. The van der Waals surface area contributed by atoms with E-state index >= 15 is 0 Å². The highest BCUT2D eigenvalue weighted by molar-refractivity contribution is 7.98. The van der Waals surface area contributed by atoms with Crippen LogP contribution < -0.4 is 5.11 Å². The fraction of sp³-hybridized carbons (Fsp3) is 0.917. The first kappa shape index (κ1) is 20.0. The van der Waals surface area contributed by atoms with Crippen LogP contribution in [0, 0.1) is 0 Å². The van der Waals surface area contributed by atoms with E-state index in [4.69, 9.17) is 9.47 Å². The number of methoxy groups -OCH3 is 2. The van der Waals surface area contributed by atoms with E-state index in [2.05, 4.69) is 14.1 Å². The fourth-order valence-electron chi connectivity index (χ4n) is 0.974. The van der Waals surface area contributed by atoms with Crippen LogP contribution in [-0.4, -0.2) is 77.1 Å². The molecule has 0 atom stereocenters. The number of hydrogen-bond donors (Lipinski definition) is 0. The third kappa shape index (κ3) is 18.1. The molecule has 18 heavy (non-hydrogen) atoms. The third-order valence-corrected chi connectivity index (χ3v) is 2.92. The first-order chi connectivity index (χ1) is 8.39. The van der Waals surface area contributed by atoms with E-state index in [9.17, 15) is 9.90 Å². The van der Waals surface area contributed by atoms with Crippen molar-refractivity contribution in [2.45, 2.75) is 6.42 Å². The highest BCUT2D eigenvalue weighted by Gasteiger charge is 2.12. The summed E-state index contributed by atoms with van der Waals surface area (Å²) < 4.78 is 11.0. The summed E-state index contributed by atoms with van der Waals surface area (Å²) in [7, 11) is 7.82. The van der Waals surface area contributed by atoms with E-state index in [1.54, 1.807) is 14.2 Å². The van der Waals surface area contributed by atoms with Gasteiger partial charge in [0.15, 0.2) is 0 Å². The van der Waals surface area contributed by atoms with E-state index in [-0.39, 0.29) is 6.42 Å². The van der Waals surface area contributed by atoms with Crippen molar-refractivity contribution < 1.29 is 23.9 Å². The second-order valence-corrected chi connectivity index (χ2v) is 5.47. The van der Waals surface area contributed by atoms with E-state index in [1.807, 2.05) is 6.26 Å². The quantitative estimate of drug-likeness (QED) is 0.550. The number of thioether (sulfide) groups is 1. The number of carboxylic acids is 1. The van der Waals surface area contributed by atoms with Crippen molar-refractivity contribution in [3.63, 3.8) is 0 Å². The Morgan fingerprint density at radius 2 is 1.61 bits per heavy atom. The summed E-state index contributed by atoms with van der Waals surface area (Å²) in [6.07, 6.45) is 2.03. The van der Waals surface area contributed by atoms with Crippen LogP contribution in [0.1, 0.15) is 6.42 Å². The Bertz CT molecular complexity index is 191. The van der Waals surface area contributed by atoms with Crippen LogP contribution in [0.4, 0.5) is 0 Å². The molecule has 0 bridgehead atoms.